The van der Waals surface area contributed by atoms with Gasteiger partial charge in [-0.15, -0.1) is 6.42 Å². The molecule has 3 atom stereocenters. The Morgan fingerprint density at radius 1 is 1.73 bits per heavy atom. The lowest BCUT2D eigenvalue weighted by Crippen LogP contribution is -2.36. The molecule has 0 aromatic heterocycles. The van der Waals surface area contributed by atoms with E-state index in [1.165, 1.54) is 0 Å². The van der Waals surface area contributed by atoms with Gasteiger partial charge in [-0.05, 0) is 19.3 Å². The summed E-state index contributed by atoms with van der Waals surface area (Å²) >= 11 is 0. The third-order valence-electron chi connectivity index (χ3n) is 2.66. The fraction of sp³-hybridized carbons (Fsp3) is 0.778. The molecule has 1 saturated heterocycles. The van der Waals surface area contributed by atoms with Crippen molar-refractivity contribution < 1.29 is 4.21 Å². The molecule has 1 aliphatic rings. The topological polar surface area (TPSA) is 17.1 Å². The van der Waals surface area contributed by atoms with Crippen molar-refractivity contribution >= 4 is 10.8 Å². The molecule has 1 heterocycles. The van der Waals surface area contributed by atoms with Crippen LogP contribution >= 0.6 is 0 Å². The van der Waals surface area contributed by atoms with Crippen molar-refractivity contribution in [1.29, 1.82) is 0 Å². The summed E-state index contributed by atoms with van der Waals surface area (Å²) in [5.74, 6) is 4.80. The van der Waals surface area contributed by atoms with E-state index < -0.39 is 10.8 Å². The van der Waals surface area contributed by atoms with Gasteiger partial charge in [0.1, 0.15) is 0 Å². The quantitative estimate of drug-likeness (QED) is 0.502. The molecule has 62 valence electrons. The third kappa shape index (κ3) is 1.65. The zero-order valence-corrected chi connectivity index (χ0v) is 7.91. The predicted octanol–water partition coefficient (Wildman–Crippen LogP) is 1.41. The van der Waals surface area contributed by atoms with E-state index in [1.54, 1.807) is 0 Å². The zero-order valence-electron chi connectivity index (χ0n) is 7.09. The maximum Gasteiger partial charge on any atom is 0.0424 e. The summed E-state index contributed by atoms with van der Waals surface area (Å²) in [6.45, 7) is 4.19. The van der Waals surface area contributed by atoms with Crippen molar-refractivity contribution in [2.24, 2.45) is 11.3 Å². The molecule has 0 bridgehead atoms. The van der Waals surface area contributed by atoms with Crippen LogP contribution in [0.4, 0.5) is 0 Å². The monoisotopic (exact) mass is 170 g/mol. The van der Waals surface area contributed by atoms with Crippen molar-refractivity contribution in [2.45, 2.75) is 20.3 Å². The first-order chi connectivity index (χ1) is 5.08. The molecule has 0 N–H and O–H groups in total. The molecule has 0 radical (unpaired) electrons. The van der Waals surface area contributed by atoms with Crippen molar-refractivity contribution in [3.05, 3.63) is 0 Å². The fourth-order valence-electron chi connectivity index (χ4n) is 1.36. The maximum absolute atomic E-state index is 11.2. The van der Waals surface area contributed by atoms with E-state index in [4.69, 9.17) is 6.42 Å². The van der Waals surface area contributed by atoms with Crippen LogP contribution in [0.15, 0.2) is 0 Å². The second kappa shape index (κ2) is 2.98. The minimum atomic E-state index is -0.673. The minimum absolute atomic E-state index is 0.122. The van der Waals surface area contributed by atoms with Crippen LogP contribution in [0, 0.1) is 23.7 Å². The molecule has 0 aromatic rings. The number of hydrogen-bond acceptors (Lipinski definition) is 1. The van der Waals surface area contributed by atoms with Gasteiger partial charge in [0.2, 0.25) is 0 Å². The molecule has 0 amide bonds. The second-order valence-electron chi connectivity index (χ2n) is 3.54. The fourth-order valence-corrected chi connectivity index (χ4v) is 3.16. The van der Waals surface area contributed by atoms with E-state index in [0.29, 0.717) is 11.7 Å². The molecule has 11 heavy (non-hydrogen) atoms. The highest BCUT2D eigenvalue weighted by molar-refractivity contribution is 7.85. The summed E-state index contributed by atoms with van der Waals surface area (Å²) in [5, 5.41) is 0. The predicted molar refractivity (Wildman–Crippen MR) is 48.6 cm³/mol. The van der Waals surface area contributed by atoms with Crippen LogP contribution in [0.3, 0.4) is 0 Å². The molecule has 0 spiro atoms. The van der Waals surface area contributed by atoms with Gasteiger partial charge in [0.15, 0.2) is 0 Å². The molecule has 0 aromatic carbocycles. The van der Waals surface area contributed by atoms with Crippen molar-refractivity contribution in [3.8, 4) is 12.3 Å². The Labute approximate surface area is 71.0 Å². The molecule has 2 heteroatoms. The Morgan fingerprint density at radius 2 is 2.36 bits per heavy atom. The van der Waals surface area contributed by atoms with Crippen molar-refractivity contribution in [1.82, 2.24) is 0 Å². The van der Waals surface area contributed by atoms with E-state index in [9.17, 15) is 4.21 Å². The van der Waals surface area contributed by atoms with E-state index >= 15 is 0 Å². The number of rotatable bonds is 0. The highest BCUT2D eigenvalue weighted by Crippen LogP contribution is 2.33. The number of hydrogen-bond donors (Lipinski definition) is 0. The molecule has 0 aliphatic carbocycles. The lowest BCUT2D eigenvalue weighted by atomic mass is 9.79. The van der Waals surface area contributed by atoms with E-state index in [-0.39, 0.29) is 5.41 Å². The average molecular weight is 170 g/mol. The van der Waals surface area contributed by atoms with Crippen LogP contribution in [0.5, 0.6) is 0 Å². The van der Waals surface area contributed by atoms with Crippen LogP contribution in [-0.2, 0) is 10.8 Å². The normalized spacial score (nSPS) is 44.8. The van der Waals surface area contributed by atoms with Gasteiger partial charge in [-0.3, -0.25) is 4.21 Å². The summed E-state index contributed by atoms with van der Waals surface area (Å²) in [6, 6.07) is 0. The zero-order chi connectivity index (χ0) is 8.48. The van der Waals surface area contributed by atoms with Crippen LogP contribution in [-0.4, -0.2) is 15.7 Å². The van der Waals surface area contributed by atoms with Gasteiger partial charge in [0.25, 0.3) is 0 Å². The van der Waals surface area contributed by atoms with Gasteiger partial charge in [-0.25, -0.2) is 0 Å². The molecular formula is C9H14OS. The second-order valence-corrected chi connectivity index (χ2v) is 5.12. The summed E-state index contributed by atoms with van der Waals surface area (Å²) in [5.41, 5.74) is -0.122. The molecule has 1 nitrogen and oxygen atoms in total. The standard InChI is InChI=1S/C9H14OS/c1-4-9(3)7-11(10)6-5-8(9)2/h1,8H,5-7H2,2-3H3. The molecule has 1 rings (SSSR count). The highest BCUT2D eigenvalue weighted by atomic mass is 32.2. The Morgan fingerprint density at radius 3 is 2.82 bits per heavy atom. The Bertz CT molecular complexity index is 216. The molecular weight excluding hydrogens is 156 g/mol. The van der Waals surface area contributed by atoms with E-state index in [1.807, 2.05) is 6.92 Å². The van der Waals surface area contributed by atoms with Crippen LogP contribution in [0.1, 0.15) is 20.3 Å². The van der Waals surface area contributed by atoms with Gasteiger partial charge in [-0.1, -0.05) is 12.8 Å². The van der Waals surface area contributed by atoms with Gasteiger partial charge in [0, 0.05) is 27.7 Å². The van der Waals surface area contributed by atoms with Crippen LogP contribution in [0.2, 0.25) is 0 Å². The van der Waals surface area contributed by atoms with Crippen molar-refractivity contribution in [2.75, 3.05) is 11.5 Å². The third-order valence-corrected chi connectivity index (χ3v) is 4.27. The maximum atomic E-state index is 11.2. The highest BCUT2D eigenvalue weighted by Gasteiger charge is 2.34. The summed E-state index contributed by atoms with van der Waals surface area (Å²) in [6.07, 6.45) is 6.41. The lowest BCUT2D eigenvalue weighted by Gasteiger charge is -2.34. The first-order valence-electron chi connectivity index (χ1n) is 3.91. The molecule has 3 unspecified atom stereocenters. The Balaban J connectivity index is 2.78. The summed E-state index contributed by atoms with van der Waals surface area (Å²) in [7, 11) is -0.673. The largest absolute Gasteiger partial charge is 0.260 e. The SMILES string of the molecule is C#CC1(C)CS(=O)CCC1C. The first-order valence-corrected chi connectivity index (χ1v) is 5.40. The van der Waals surface area contributed by atoms with Gasteiger partial charge in [0.05, 0.1) is 0 Å². The lowest BCUT2D eigenvalue weighted by molar-refractivity contribution is 0.308. The average Bonchev–Trinajstić information content (AvgIpc) is 1.98. The van der Waals surface area contributed by atoms with Crippen LogP contribution < -0.4 is 0 Å². The smallest absolute Gasteiger partial charge is 0.0424 e. The van der Waals surface area contributed by atoms with Gasteiger partial charge >= 0.3 is 0 Å². The summed E-state index contributed by atoms with van der Waals surface area (Å²) < 4.78 is 11.2. The minimum Gasteiger partial charge on any atom is -0.260 e. The van der Waals surface area contributed by atoms with Gasteiger partial charge in [-0.2, -0.15) is 0 Å². The number of terminal acetylenes is 1. The Hall–Kier alpha value is -0.290. The first kappa shape index (κ1) is 8.80. The van der Waals surface area contributed by atoms with E-state index in [2.05, 4.69) is 12.8 Å². The molecule has 0 saturated carbocycles. The van der Waals surface area contributed by atoms with Gasteiger partial charge < -0.3 is 0 Å². The molecule has 1 fully saturated rings. The molecule has 1 aliphatic heterocycles. The van der Waals surface area contributed by atoms with Crippen molar-refractivity contribution in [3.63, 3.8) is 0 Å². The Kier molecular flexibility index (Phi) is 2.39. The summed E-state index contributed by atoms with van der Waals surface area (Å²) in [4.78, 5) is 0. The van der Waals surface area contributed by atoms with E-state index in [0.717, 1.165) is 12.2 Å². The van der Waals surface area contributed by atoms with Crippen LogP contribution in [0.25, 0.3) is 0 Å².